The van der Waals surface area contributed by atoms with Crippen molar-refractivity contribution in [2.75, 3.05) is 5.43 Å². The van der Waals surface area contributed by atoms with Crippen molar-refractivity contribution in [3.05, 3.63) is 29.6 Å². The average Bonchev–Trinajstić information content (AvgIpc) is 2.47. The van der Waals surface area contributed by atoms with E-state index in [0.717, 1.165) is 25.7 Å². The van der Waals surface area contributed by atoms with Crippen LogP contribution in [0.5, 0.6) is 0 Å². The van der Waals surface area contributed by atoms with Gasteiger partial charge in [0, 0.05) is 6.04 Å². The Labute approximate surface area is 118 Å². The largest absolute Gasteiger partial charge is 0.349 e. The van der Waals surface area contributed by atoms with Crippen LogP contribution in [0.2, 0.25) is 0 Å². The number of hydrazine groups is 1. The molecule has 0 radical (unpaired) electrons. The first kappa shape index (κ1) is 14.8. The predicted octanol–water partition coefficient (Wildman–Crippen LogP) is 2.81. The number of para-hydroxylation sites is 1. The molecule has 4 N–H and O–H groups in total. The van der Waals surface area contributed by atoms with Gasteiger partial charge in [0.2, 0.25) is 0 Å². The fourth-order valence-corrected chi connectivity index (χ4v) is 2.92. The number of carbonyl (C=O) groups excluding carboxylic acids is 1. The van der Waals surface area contributed by atoms with Crippen molar-refractivity contribution < 1.29 is 9.18 Å². The van der Waals surface area contributed by atoms with Gasteiger partial charge in [-0.15, -0.1) is 0 Å². The summed E-state index contributed by atoms with van der Waals surface area (Å²) in [5.41, 5.74) is 2.57. The van der Waals surface area contributed by atoms with E-state index in [0.29, 0.717) is 5.92 Å². The molecule has 0 aromatic heterocycles. The summed E-state index contributed by atoms with van der Waals surface area (Å²) in [6.45, 7) is 2.18. The summed E-state index contributed by atoms with van der Waals surface area (Å²) < 4.78 is 13.6. The summed E-state index contributed by atoms with van der Waals surface area (Å²) in [5.74, 6) is 5.19. The molecule has 1 aliphatic rings. The third kappa shape index (κ3) is 3.28. The Morgan fingerprint density at radius 3 is 2.95 bits per heavy atom. The number of nitrogens with two attached hydrogens (primary N) is 1. The molecule has 1 aliphatic carbocycles. The number of rotatable bonds is 4. The highest BCUT2D eigenvalue weighted by Crippen LogP contribution is 2.27. The van der Waals surface area contributed by atoms with Gasteiger partial charge in [0.25, 0.3) is 5.91 Å². The van der Waals surface area contributed by atoms with Gasteiger partial charge in [-0.25, -0.2) is 4.39 Å². The summed E-state index contributed by atoms with van der Waals surface area (Å²) in [6, 6.07) is 4.55. The summed E-state index contributed by atoms with van der Waals surface area (Å²) in [6.07, 6.45) is 5.50. The molecule has 0 bridgehead atoms. The molecule has 0 heterocycles. The van der Waals surface area contributed by atoms with E-state index in [-0.39, 0.29) is 23.2 Å². The van der Waals surface area contributed by atoms with Crippen molar-refractivity contribution >= 4 is 11.6 Å². The topological polar surface area (TPSA) is 67.2 Å². The van der Waals surface area contributed by atoms with Gasteiger partial charge in [-0.3, -0.25) is 10.6 Å². The van der Waals surface area contributed by atoms with Crippen LogP contribution in [0.15, 0.2) is 18.2 Å². The molecule has 0 aliphatic heterocycles. The number of anilines is 1. The zero-order valence-corrected chi connectivity index (χ0v) is 11.8. The van der Waals surface area contributed by atoms with Gasteiger partial charge in [0.1, 0.15) is 5.82 Å². The molecular formula is C15H22FN3O. The Balaban J connectivity index is 2.07. The van der Waals surface area contributed by atoms with Crippen LogP contribution in [0.3, 0.4) is 0 Å². The van der Waals surface area contributed by atoms with E-state index in [9.17, 15) is 9.18 Å². The standard InChI is InChI=1S/C15H22FN3O/c1-2-10-5-3-6-11(9-10)18-15(20)12-7-4-8-13(16)14(12)19-17/h4,7-8,10-11,19H,2-3,5-6,9,17H2,1H3,(H,18,20). The second kappa shape index (κ2) is 6.70. The molecule has 1 aromatic rings. The van der Waals surface area contributed by atoms with Crippen LogP contribution in [-0.2, 0) is 0 Å². The van der Waals surface area contributed by atoms with E-state index < -0.39 is 5.82 Å². The van der Waals surface area contributed by atoms with Crippen LogP contribution in [0.25, 0.3) is 0 Å². The van der Waals surface area contributed by atoms with Gasteiger partial charge in [-0.1, -0.05) is 32.3 Å². The zero-order valence-electron chi connectivity index (χ0n) is 11.8. The maximum absolute atomic E-state index is 13.6. The molecule has 2 rings (SSSR count). The first-order valence-corrected chi connectivity index (χ1v) is 7.21. The van der Waals surface area contributed by atoms with Gasteiger partial charge in [-0.05, 0) is 30.9 Å². The molecule has 0 saturated heterocycles. The number of carbonyl (C=O) groups is 1. The molecule has 0 spiro atoms. The highest BCUT2D eigenvalue weighted by molar-refractivity contribution is 5.99. The predicted molar refractivity (Wildman–Crippen MR) is 77.7 cm³/mol. The van der Waals surface area contributed by atoms with E-state index in [4.69, 9.17) is 5.84 Å². The molecular weight excluding hydrogens is 257 g/mol. The van der Waals surface area contributed by atoms with Crippen LogP contribution >= 0.6 is 0 Å². The minimum atomic E-state index is -0.518. The third-order valence-electron chi connectivity index (χ3n) is 4.10. The Bertz CT molecular complexity index is 478. The van der Waals surface area contributed by atoms with Gasteiger partial charge < -0.3 is 10.7 Å². The summed E-state index contributed by atoms with van der Waals surface area (Å²) in [4.78, 5) is 12.3. The number of hydrogen-bond donors (Lipinski definition) is 3. The highest BCUT2D eigenvalue weighted by Gasteiger charge is 2.23. The number of nitrogens with one attached hydrogen (secondary N) is 2. The average molecular weight is 279 g/mol. The lowest BCUT2D eigenvalue weighted by Gasteiger charge is -2.29. The fourth-order valence-electron chi connectivity index (χ4n) is 2.92. The fraction of sp³-hybridized carbons (Fsp3) is 0.533. The van der Waals surface area contributed by atoms with E-state index in [1.165, 1.54) is 18.6 Å². The summed E-state index contributed by atoms with van der Waals surface area (Å²) in [7, 11) is 0. The first-order chi connectivity index (χ1) is 9.65. The highest BCUT2D eigenvalue weighted by atomic mass is 19.1. The number of nitrogen functional groups attached to an aromatic ring is 1. The van der Waals surface area contributed by atoms with Gasteiger partial charge in [-0.2, -0.15) is 0 Å². The molecule has 110 valence electrons. The van der Waals surface area contributed by atoms with Crippen LogP contribution < -0.4 is 16.6 Å². The molecule has 20 heavy (non-hydrogen) atoms. The van der Waals surface area contributed by atoms with Gasteiger partial charge >= 0.3 is 0 Å². The van der Waals surface area contributed by atoms with Gasteiger partial charge in [0.15, 0.2) is 0 Å². The van der Waals surface area contributed by atoms with E-state index >= 15 is 0 Å². The van der Waals surface area contributed by atoms with Crippen molar-refractivity contribution in [3.63, 3.8) is 0 Å². The lowest BCUT2D eigenvalue weighted by Crippen LogP contribution is -2.38. The normalized spacial score (nSPS) is 22.4. The first-order valence-electron chi connectivity index (χ1n) is 7.21. The minimum Gasteiger partial charge on any atom is -0.349 e. The number of halogens is 1. The second-order valence-electron chi connectivity index (χ2n) is 5.42. The second-order valence-corrected chi connectivity index (χ2v) is 5.42. The molecule has 4 nitrogen and oxygen atoms in total. The maximum Gasteiger partial charge on any atom is 0.253 e. The Morgan fingerprint density at radius 2 is 2.25 bits per heavy atom. The number of amides is 1. The Morgan fingerprint density at radius 1 is 1.45 bits per heavy atom. The smallest absolute Gasteiger partial charge is 0.253 e. The van der Waals surface area contributed by atoms with Crippen LogP contribution in [-0.4, -0.2) is 11.9 Å². The Kier molecular flexibility index (Phi) is 4.95. The molecule has 1 fully saturated rings. The number of benzene rings is 1. The van der Waals surface area contributed by atoms with Crippen molar-refractivity contribution in [3.8, 4) is 0 Å². The molecule has 1 amide bonds. The van der Waals surface area contributed by atoms with Crippen LogP contribution in [0.1, 0.15) is 49.4 Å². The van der Waals surface area contributed by atoms with Crippen LogP contribution in [0, 0.1) is 11.7 Å². The van der Waals surface area contributed by atoms with E-state index in [1.54, 1.807) is 6.07 Å². The molecule has 1 aromatic carbocycles. The minimum absolute atomic E-state index is 0.0489. The van der Waals surface area contributed by atoms with E-state index in [2.05, 4.69) is 17.7 Å². The molecule has 2 atom stereocenters. The SMILES string of the molecule is CCC1CCCC(NC(=O)c2cccc(F)c2NN)C1. The van der Waals surface area contributed by atoms with Crippen molar-refractivity contribution in [1.82, 2.24) is 5.32 Å². The molecule has 1 saturated carbocycles. The number of hydrogen-bond acceptors (Lipinski definition) is 3. The quantitative estimate of drug-likeness (QED) is 0.586. The molecule has 2 unspecified atom stereocenters. The lowest BCUT2D eigenvalue weighted by molar-refractivity contribution is 0.0919. The Hall–Kier alpha value is -1.62. The zero-order chi connectivity index (χ0) is 14.5. The van der Waals surface area contributed by atoms with Crippen molar-refractivity contribution in [2.45, 2.75) is 45.1 Å². The third-order valence-corrected chi connectivity index (χ3v) is 4.10. The van der Waals surface area contributed by atoms with Crippen molar-refractivity contribution in [1.29, 1.82) is 0 Å². The monoisotopic (exact) mass is 279 g/mol. The maximum atomic E-state index is 13.6. The lowest BCUT2D eigenvalue weighted by atomic mass is 9.84. The van der Waals surface area contributed by atoms with E-state index in [1.807, 2.05) is 0 Å². The molecule has 5 heteroatoms. The van der Waals surface area contributed by atoms with Gasteiger partial charge in [0.05, 0.1) is 11.3 Å². The van der Waals surface area contributed by atoms with Crippen molar-refractivity contribution in [2.24, 2.45) is 11.8 Å². The summed E-state index contributed by atoms with van der Waals surface area (Å²) in [5, 5.41) is 3.00. The van der Waals surface area contributed by atoms with Crippen LogP contribution in [0.4, 0.5) is 10.1 Å². The summed E-state index contributed by atoms with van der Waals surface area (Å²) >= 11 is 0.